The van der Waals surface area contributed by atoms with Gasteiger partial charge in [0.1, 0.15) is 0 Å². The molecule has 98 valence electrons. The Hall–Kier alpha value is -1.55. The van der Waals surface area contributed by atoms with Gasteiger partial charge < -0.3 is 15.5 Å². The largest absolute Gasteiger partial charge is 0.381 e. The molecule has 2 aliphatic rings. The average Bonchev–Trinajstić information content (AvgIpc) is 2.48. The van der Waals surface area contributed by atoms with Crippen LogP contribution < -0.4 is 5.73 Å². The molecule has 4 nitrogen and oxygen atoms in total. The molecule has 0 fully saturated rings. The molecule has 2 N–H and O–H groups in total. The molecule has 0 atom stereocenters. The Morgan fingerprint density at radius 3 is 2.78 bits per heavy atom. The van der Waals surface area contributed by atoms with Gasteiger partial charge in [0.15, 0.2) is 0 Å². The Morgan fingerprint density at radius 1 is 1.44 bits per heavy atom. The molecule has 0 aromatic heterocycles. The fraction of sp³-hybridized carbons (Fsp3) is 0.500. The molecule has 1 aliphatic heterocycles. The van der Waals surface area contributed by atoms with Crippen LogP contribution in [-0.4, -0.2) is 49.9 Å². The molecule has 0 unspecified atom stereocenters. The lowest BCUT2D eigenvalue weighted by molar-refractivity contribution is -0.114. The zero-order valence-corrected chi connectivity index (χ0v) is 11.4. The number of allylic oxidation sites excluding steroid dienone is 3. The van der Waals surface area contributed by atoms with E-state index in [1.54, 1.807) is 0 Å². The van der Waals surface area contributed by atoms with Crippen LogP contribution >= 0.6 is 0 Å². The maximum absolute atomic E-state index is 11.7. The van der Waals surface area contributed by atoms with Crippen molar-refractivity contribution < 1.29 is 4.79 Å². The van der Waals surface area contributed by atoms with Gasteiger partial charge in [0, 0.05) is 44.9 Å². The number of carbonyl (C=O) groups excluding carboxylic acids is 1. The van der Waals surface area contributed by atoms with Gasteiger partial charge in [-0.1, -0.05) is 6.08 Å². The third kappa shape index (κ3) is 2.48. The number of rotatable bonds is 2. The Labute approximate surface area is 108 Å². The van der Waals surface area contributed by atoms with E-state index >= 15 is 0 Å². The maximum atomic E-state index is 11.7. The number of fused-ring (bicyclic) bond motifs is 1. The third-order valence-electron chi connectivity index (χ3n) is 3.60. The zero-order valence-electron chi connectivity index (χ0n) is 11.4. The van der Waals surface area contributed by atoms with Crippen LogP contribution in [0, 0.1) is 0 Å². The molecule has 4 heteroatoms. The summed E-state index contributed by atoms with van der Waals surface area (Å²) in [6.45, 7) is 1.61. The molecule has 1 amide bonds. The topological polar surface area (TPSA) is 49.6 Å². The van der Waals surface area contributed by atoms with Crippen molar-refractivity contribution in [3.63, 3.8) is 0 Å². The molecule has 0 radical (unpaired) electrons. The van der Waals surface area contributed by atoms with Crippen molar-refractivity contribution in [3.8, 4) is 0 Å². The van der Waals surface area contributed by atoms with E-state index < -0.39 is 0 Å². The number of carbonyl (C=O) groups is 1. The molecular formula is C14H21N3O. The number of likely N-dealkylation sites (N-methyl/N-ethyl adjacent to an activating group) is 1. The first-order valence-corrected chi connectivity index (χ1v) is 6.28. The van der Waals surface area contributed by atoms with Gasteiger partial charge in [-0.15, -0.1) is 0 Å². The normalized spacial score (nSPS) is 20.8. The Bertz CT molecular complexity index is 458. The van der Waals surface area contributed by atoms with Crippen molar-refractivity contribution in [2.24, 2.45) is 5.73 Å². The summed E-state index contributed by atoms with van der Waals surface area (Å²) in [6.07, 6.45) is 6.27. The lowest BCUT2D eigenvalue weighted by Crippen LogP contribution is -2.27. The molecule has 0 spiro atoms. The molecule has 1 heterocycles. The molecule has 0 saturated heterocycles. The summed E-state index contributed by atoms with van der Waals surface area (Å²) in [4.78, 5) is 15.9. The molecule has 0 bridgehead atoms. The first kappa shape index (κ1) is 12.9. The molecule has 18 heavy (non-hydrogen) atoms. The highest BCUT2D eigenvalue weighted by Crippen LogP contribution is 2.30. The van der Waals surface area contributed by atoms with Crippen LogP contribution in [0.5, 0.6) is 0 Å². The fourth-order valence-corrected chi connectivity index (χ4v) is 2.44. The van der Waals surface area contributed by atoms with Gasteiger partial charge in [-0.05, 0) is 30.7 Å². The second-order valence-electron chi connectivity index (χ2n) is 5.21. The SMILES string of the molecule is CN1CCC2=CCC(N(C)C)=CC2=C(C(N)=O)C1. The van der Waals surface area contributed by atoms with Gasteiger partial charge in [-0.25, -0.2) is 0 Å². The quantitative estimate of drug-likeness (QED) is 0.788. The maximum Gasteiger partial charge on any atom is 0.246 e. The van der Waals surface area contributed by atoms with E-state index in [-0.39, 0.29) is 5.91 Å². The molecular weight excluding hydrogens is 226 g/mol. The van der Waals surface area contributed by atoms with Crippen LogP contribution in [0.1, 0.15) is 12.8 Å². The van der Waals surface area contributed by atoms with Crippen LogP contribution in [0.4, 0.5) is 0 Å². The van der Waals surface area contributed by atoms with Crippen LogP contribution in [0.25, 0.3) is 0 Å². The predicted molar refractivity (Wildman–Crippen MR) is 72.8 cm³/mol. The minimum atomic E-state index is -0.305. The highest BCUT2D eigenvalue weighted by atomic mass is 16.1. The Balaban J connectivity index is 2.47. The number of hydrogen-bond acceptors (Lipinski definition) is 3. The molecule has 0 aromatic carbocycles. The summed E-state index contributed by atoms with van der Waals surface area (Å²) in [5.74, 6) is -0.305. The van der Waals surface area contributed by atoms with E-state index in [2.05, 4.69) is 22.0 Å². The van der Waals surface area contributed by atoms with Crippen molar-refractivity contribution in [3.05, 3.63) is 34.6 Å². The molecule has 0 saturated carbocycles. The van der Waals surface area contributed by atoms with Crippen molar-refractivity contribution >= 4 is 5.91 Å². The van der Waals surface area contributed by atoms with Gasteiger partial charge >= 0.3 is 0 Å². The Kier molecular flexibility index (Phi) is 3.57. The summed E-state index contributed by atoms with van der Waals surface area (Å²) in [5, 5.41) is 0. The van der Waals surface area contributed by atoms with Crippen molar-refractivity contribution in [1.29, 1.82) is 0 Å². The summed E-state index contributed by atoms with van der Waals surface area (Å²) in [7, 11) is 6.08. The fourth-order valence-electron chi connectivity index (χ4n) is 2.44. The predicted octanol–water partition coefficient (Wildman–Crippen LogP) is 0.879. The minimum absolute atomic E-state index is 0.305. The third-order valence-corrected chi connectivity index (χ3v) is 3.60. The molecule has 1 aliphatic carbocycles. The second kappa shape index (κ2) is 4.98. The van der Waals surface area contributed by atoms with E-state index in [1.165, 1.54) is 11.3 Å². The van der Waals surface area contributed by atoms with E-state index in [1.807, 2.05) is 21.1 Å². The van der Waals surface area contributed by atoms with Crippen molar-refractivity contribution in [2.45, 2.75) is 12.8 Å². The van der Waals surface area contributed by atoms with E-state index in [9.17, 15) is 4.79 Å². The lowest BCUT2D eigenvalue weighted by Gasteiger charge is -2.22. The van der Waals surface area contributed by atoms with E-state index in [0.717, 1.165) is 30.5 Å². The van der Waals surface area contributed by atoms with Crippen LogP contribution in [0.3, 0.4) is 0 Å². The first-order chi connectivity index (χ1) is 8.49. The van der Waals surface area contributed by atoms with Gasteiger partial charge in [0.05, 0.1) is 0 Å². The first-order valence-electron chi connectivity index (χ1n) is 6.28. The van der Waals surface area contributed by atoms with Gasteiger partial charge in [0.25, 0.3) is 0 Å². The number of nitrogens with zero attached hydrogens (tertiary/aromatic N) is 2. The number of hydrogen-bond donors (Lipinski definition) is 1. The summed E-state index contributed by atoms with van der Waals surface area (Å²) in [6, 6.07) is 0. The van der Waals surface area contributed by atoms with Crippen LogP contribution in [-0.2, 0) is 4.79 Å². The average molecular weight is 247 g/mol. The highest BCUT2D eigenvalue weighted by molar-refractivity contribution is 5.95. The summed E-state index contributed by atoms with van der Waals surface area (Å²) in [5.41, 5.74) is 9.80. The smallest absolute Gasteiger partial charge is 0.246 e. The number of nitrogens with two attached hydrogens (primary N) is 1. The number of primary amides is 1. The second-order valence-corrected chi connectivity index (χ2v) is 5.21. The lowest BCUT2D eigenvalue weighted by atomic mass is 9.91. The van der Waals surface area contributed by atoms with Crippen LogP contribution in [0.15, 0.2) is 34.6 Å². The van der Waals surface area contributed by atoms with Gasteiger partial charge in [0.2, 0.25) is 5.91 Å². The van der Waals surface area contributed by atoms with Crippen molar-refractivity contribution in [1.82, 2.24) is 9.80 Å². The van der Waals surface area contributed by atoms with Gasteiger partial charge in [-0.2, -0.15) is 0 Å². The van der Waals surface area contributed by atoms with Crippen molar-refractivity contribution in [2.75, 3.05) is 34.2 Å². The Morgan fingerprint density at radius 2 is 2.17 bits per heavy atom. The summed E-state index contributed by atoms with van der Waals surface area (Å²) < 4.78 is 0. The van der Waals surface area contributed by atoms with Crippen LogP contribution in [0.2, 0.25) is 0 Å². The molecule has 2 rings (SSSR count). The zero-order chi connectivity index (χ0) is 13.3. The molecule has 0 aromatic rings. The van der Waals surface area contributed by atoms with E-state index in [0.29, 0.717) is 6.54 Å². The standard InChI is InChI=1S/C14H21N3O/c1-16(2)11-5-4-10-6-7-17(3)9-13(14(15)18)12(10)8-11/h4,8H,5-7,9H2,1-3H3,(H2,15,18). The minimum Gasteiger partial charge on any atom is -0.381 e. The number of amides is 1. The van der Waals surface area contributed by atoms with E-state index in [4.69, 9.17) is 5.73 Å². The summed E-state index contributed by atoms with van der Waals surface area (Å²) >= 11 is 0. The van der Waals surface area contributed by atoms with Gasteiger partial charge in [-0.3, -0.25) is 4.79 Å². The monoisotopic (exact) mass is 247 g/mol. The highest BCUT2D eigenvalue weighted by Gasteiger charge is 2.23.